The minimum atomic E-state index is -1.02. The number of hydrogen-bond donors (Lipinski definition) is 2. The van der Waals surface area contributed by atoms with E-state index in [0.29, 0.717) is 18.0 Å². The number of nitrogens with one attached hydrogen (secondary N) is 2. The second-order valence-electron chi connectivity index (χ2n) is 4.69. The maximum absolute atomic E-state index is 11.9. The molecule has 2 amide bonds. The minimum Gasteiger partial charge on any atom is -0.380 e. The number of benzene rings is 2. The summed E-state index contributed by atoms with van der Waals surface area (Å²) in [5.74, 6) is 0. The molecule has 1 atom stereocenters. The maximum atomic E-state index is 11.9. The number of rotatable bonds is 5. The van der Waals surface area contributed by atoms with Gasteiger partial charge in [0.25, 0.3) is 0 Å². The van der Waals surface area contributed by atoms with Crippen LogP contribution in [-0.2, 0) is 22.1 Å². The molecule has 0 saturated carbocycles. The molecule has 2 N–H and O–H groups in total. The van der Waals surface area contributed by atoms with Gasteiger partial charge in [0.05, 0.1) is 6.61 Å². The number of carbonyl (C=O) groups excluding carboxylic acids is 1. The van der Waals surface area contributed by atoms with Crippen LogP contribution in [0.3, 0.4) is 0 Å². The molecule has 0 spiro atoms. The van der Waals surface area contributed by atoms with Gasteiger partial charge >= 0.3 is 6.03 Å². The second-order valence-corrected chi connectivity index (χ2v) is 6.07. The zero-order chi connectivity index (χ0) is 15.9. The van der Waals surface area contributed by atoms with Gasteiger partial charge in [-0.1, -0.05) is 12.1 Å². The number of anilines is 2. The number of carbonyl (C=O) groups is 1. The van der Waals surface area contributed by atoms with Crippen molar-refractivity contribution in [2.75, 3.05) is 24.0 Å². The highest BCUT2D eigenvalue weighted by molar-refractivity contribution is 7.84. The van der Waals surface area contributed by atoms with Crippen LogP contribution in [0.15, 0.2) is 53.4 Å². The molecule has 6 heteroatoms. The van der Waals surface area contributed by atoms with Crippen LogP contribution in [0.4, 0.5) is 16.2 Å². The Hall–Kier alpha value is -2.18. The van der Waals surface area contributed by atoms with Crippen molar-refractivity contribution in [1.82, 2.24) is 0 Å². The van der Waals surface area contributed by atoms with Crippen LogP contribution in [0, 0.1) is 0 Å². The van der Waals surface area contributed by atoms with Crippen LogP contribution >= 0.6 is 0 Å². The van der Waals surface area contributed by atoms with Crippen LogP contribution in [0.1, 0.15) is 5.56 Å². The van der Waals surface area contributed by atoms with E-state index >= 15 is 0 Å². The zero-order valence-electron chi connectivity index (χ0n) is 12.5. The lowest BCUT2D eigenvalue weighted by Crippen LogP contribution is -2.19. The first-order valence-corrected chi connectivity index (χ1v) is 8.23. The summed E-state index contributed by atoms with van der Waals surface area (Å²) in [6.45, 7) is 0.539. The molecule has 2 rings (SSSR count). The topological polar surface area (TPSA) is 67.4 Å². The lowest BCUT2D eigenvalue weighted by molar-refractivity contribution is 0.185. The van der Waals surface area contributed by atoms with E-state index in [4.69, 9.17) is 4.74 Å². The third-order valence-electron chi connectivity index (χ3n) is 2.97. The number of methoxy groups -OCH3 is 1. The summed E-state index contributed by atoms with van der Waals surface area (Å²) in [7, 11) is 0.614. The third kappa shape index (κ3) is 4.68. The Morgan fingerprint density at radius 2 is 1.50 bits per heavy atom. The normalized spacial score (nSPS) is 11.7. The van der Waals surface area contributed by atoms with Crippen molar-refractivity contribution in [1.29, 1.82) is 0 Å². The Labute approximate surface area is 132 Å². The summed E-state index contributed by atoms with van der Waals surface area (Å²) in [5, 5.41) is 5.47. The van der Waals surface area contributed by atoms with E-state index in [2.05, 4.69) is 10.6 Å². The van der Waals surface area contributed by atoms with Gasteiger partial charge < -0.3 is 15.4 Å². The summed E-state index contributed by atoms with van der Waals surface area (Å²) in [5.41, 5.74) is 2.38. The summed E-state index contributed by atoms with van der Waals surface area (Å²) in [6.07, 6.45) is 1.61. The molecule has 0 radical (unpaired) electrons. The van der Waals surface area contributed by atoms with Crippen LogP contribution < -0.4 is 10.6 Å². The Morgan fingerprint density at radius 3 is 1.95 bits per heavy atom. The Kier molecular flexibility index (Phi) is 5.68. The monoisotopic (exact) mass is 318 g/mol. The highest BCUT2D eigenvalue weighted by Crippen LogP contribution is 2.14. The third-order valence-corrected chi connectivity index (χ3v) is 3.90. The Morgan fingerprint density at radius 1 is 1.00 bits per heavy atom. The molecule has 2 aromatic carbocycles. The lowest BCUT2D eigenvalue weighted by Gasteiger charge is -2.08. The highest BCUT2D eigenvalue weighted by atomic mass is 32.2. The molecule has 0 heterocycles. The molecule has 2 aromatic rings. The lowest BCUT2D eigenvalue weighted by atomic mass is 10.2. The Bertz CT molecular complexity index is 654. The van der Waals surface area contributed by atoms with Crippen molar-refractivity contribution in [2.45, 2.75) is 11.5 Å². The molecule has 0 saturated heterocycles. The average molecular weight is 318 g/mol. The molecular formula is C16H18N2O3S. The van der Waals surface area contributed by atoms with Gasteiger partial charge in [-0.05, 0) is 42.0 Å². The van der Waals surface area contributed by atoms with Gasteiger partial charge in [-0.2, -0.15) is 0 Å². The smallest absolute Gasteiger partial charge is 0.323 e. The van der Waals surface area contributed by atoms with Crippen LogP contribution in [0.2, 0.25) is 0 Å². The molecule has 0 aliphatic rings. The van der Waals surface area contributed by atoms with Gasteiger partial charge in [-0.3, -0.25) is 4.21 Å². The molecule has 22 heavy (non-hydrogen) atoms. The van der Waals surface area contributed by atoms with Gasteiger partial charge in [0.1, 0.15) is 0 Å². The minimum absolute atomic E-state index is 0.329. The van der Waals surface area contributed by atoms with E-state index in [1.54, 1.807) is 37.6 Å². The first-order valence-electron chi connectivity index (χ1n) is 6.68. The van der Waals surface area contributed by atoms with Crippen molar-refractivity contribution >= 4 is 28.2 Å². The van der Waals surface area contributed by atoms with Gasteiger partial charge in [0.2, 0.25) is 0 Å². The number of amides is 2. The molecule has 0 aliphatic heterocycles. The van der Waals surface area contributed by atoms with Gasteiger partial charge in [0, 0.05) is 40.4 Å². The zero-order valence-corrected chi connectivity index (χ0v) is 13.3. The van der Waals surface area contributed by atoms with Crippen molar-refractivity contribution in [3.63, 3.8) is 0 Å². The Balaban J connectivity index is 1.93. The molecule has 0 fully saturated rings. The molecule has 0 unspecified atom stereocenters. The summed E-state index contributed by atoms with van der Waals surface area (Å²) in [6, 6.07) is 14.0. The van der Waals surface area contributed by atoms with Gasteiger partial charge in [-0.25, -0.2) is 4.79 Å². The number of urea groups is 1. The van der Waals surface area contributed by atoms with Crippen LogP contribution in [0.25, 0.3) is 0 Å². The van der Waals surface area contributed by atoms with E-state index < -0.39 is 10.8 Å². The fourth-order valence-corrected chi connectivity index (χ4v) is 2.39. The van der Waals surface area contributed by atoms with E-state index in [1.807, 2.05) is 24.3 Å². The quantitative estimate of drug-likeness (QED) is 0.889. The van der Waals surface area contributed by atoms with Crippen molar-refractivity contribution in [2.24, 2.45) is 0 Å². The van der Waals surface area contributed by atoms with Crippen LogP contribution in [-0.4, -0.2) is 23.6 Å². The average Bonchev–Trinajstić information content (AvgIpc) is 2.50. The first kappa shape index (κ1) is 16.2. The first-order chi connectivity index (χ1) is 10.6. The van der Waals surface area contributed by atoms with Crippen molar-refractivity contribution in [3.8, 4) is 0 Å². The van der Waals surface area contributed by atoms with Crippen LogP contribution in [0.5, 0.6) is 0 Å². The summed E-state index contributed by atoms with van der Waals surface area (Å²) in [4.78, 5) is 12.6. The van der Waals surface area contributed by atoms with Crippen molar-refractivity contribution in [3.05, 3.63) is 54.1 Å². The van der Waals surface area contributed by atoms with E-state index in [-0.39, 0.29) is 6.03 Å². The molecular weight excluding hydrogens is 300 g/mol. The standard InChI is InChI=1S/C16H18N2O3S/c1-21-11-12-3-5-13(6-4-12)17-16(19)18-14-7-9-15(10-8-14)22(2)20/h3-10H,11H2,1-2H3,(H2,17,18,19)/t22-/m1/s1. The fourth-order valence-electron chi connectivity index (χ4n) is 1.87. The maximum Gasteiger partial charge on any atom is 0.323 e. The van der Waals surface area contributed by atoms with E-state index in [9.17, 15) is 9.00 Å². The number of hydrogen-bond acceptors (Lipinski definition) is 3. The fraction of sp³-hybridized carbons (Fsp3) is 0.188. The number of ether oxygens (including phenoxy) is 1. The largest absolute Gasteiger partial charge is 0.380 e. The van der Waals surface area contributed by atoms with E-state index in [1.165, 1.54) is 0 Å². The van der Waals surface area contributed by atoms with Gasteiger partial charge in [0.15, 0.2) is 0 Å². The van der Waals surface area contributed by atoms with Gasteiger partial charge in [-0.15, -0.1) is 0 Å². The molecule has 0 bridgehead atoms. The molecule has 0 aliphatic carbocycles. The predicted molar refractivity (Wildman–Crippen MR) is 88.6 cm³/mol. The molecule has 116 valence electrons. The highest BCUT2D eigenvalue weighted by Gasteiger charge is 2.04. The predicted octanol–water partition coefficient (Wildman–Crippen LogP) is 3.21. The second kappa shape index (κ2) is 7.72. The summed E-state index contributed by atoms with van der Waals surface area (Å²) >= 11 is 0. The molecule has 0 aromatic heterocycles. The SMILES string of the molecule is COCc1ccc(NC(=O)Nc2ccc([S@@](C)=O)cc2)cc1. The summed E-state index contributed by atoms with van der Waals surface area (Å²) < 4.78 is 16.3. The van der Waals surface area contributed by atoms with E-state index in [0.717, 1.165) is 10.5 Å². The van der Waals surface area contributed by atoms with Crippen molar-refractivity contribution < 1.29 is 13.7 Å². The molecule has 5 nitrogen and oxygen atoms in total.